The monoisotopic (exact) mass is 441 g/mol. The van der Waals surface area contributed by atoms with E-state index in [1.54, 1.807) is 36.4 Å². The van der Waals surface area contributed by atoms with Gasteiger partial charge in [-0.1, -0.05) is 30.3 Å². The fourth-order valence-corrected chi connectivity index (χ4v) is 4.94. The van der Waals surface area contributed by atoms with Crippen LogP contribution in [0.3, 0.4) is 0 Å². The molecule has 27 heavy (non-hydrogen) atoms. The van der Waals surface area contributed by atoms with Gasteiger partial charge in [0, 0.05) is 28.1 Å². The van der Waals surface area contributed by atoms with Crippen LogP contribution in [0.15, 0.2) is 82.4 Å². The Morgan fingerprint density at radius 2 is 1.74 bits per heavy atom. The third-order valence-electron chi connectivity index (χ3n) is 4.24. The number of aryl methyl sites for hydroxylation is 1. The van der Waals surface area contributed by atoms with Crippen LogP contribution in [0.2, 0.25) is 0 Å². The summed E-state index contributed by atoms with van der Waals surface area (Å²) in [5.74, 6) is 0. The summed E-state index contributed by atoms with van der Waals surface area (Å²) in [6.07, 6.45) is 3.92. The lowest BCUT2D eigenvalue weighted by atomic mass is 10.1. The summed E-state index contributed by atoms with van der Waals surface area (Å²) in [5.41, 5.74) is 4.26. The van der Waals surface area contributed by atoms with Gasteiger partial charge in [0.15, 0.2) is 0 Å². The Labute approximate surface area is 165 Å². The maximum absolute atomic E-state index is 12.6. The number of anilines is 1. The maximum atomic E-state index is 12.6. The number of nitrogens with zero attached hydrogens (tertiary/aromatic N) is 2. The van der Waals surface area contributed by atoms with Gasteiger partial charge in [-0.15, -0.1) is 0 Å². The Bertz CT molecular complexity index is 1230. The Morgan fingerprint density at radius 1 is 1.00 bits per heavy atom. The molecule has 1 N–H and O–H groups in total. The third kappa shape index (κ3) is 3.48. The van der Waals surface area contributed by atoms with E-state index in [0.717, 1.165) is 22.5 Å². The average Bonchev–Trinajstić information content (AvgIpc) is 3.08. The molecule has 2 aromatic carbocycles. The van der Waals surface area contributed by atoms with Crippen molar-refractivity contribution in [2.45, 2.75) is 11.8 Å². The molecular formula is C20H16BrN3O2S. The van der Waals surface area contributed by atoms with Gasteiger partial charge in [-0.2, -0.15) is 0 Å². The summed E-state index contributed by atoms with van der Waals surface area (Å²) in [6, 6.07) is 17.9. The first-order valence-corrected chi connectivity index (χ1v) is 10.5. The minimum absolute atomic E-state index is 0.199. The lowest BCUT2D eigenvalue weighted by molar-refractivity contribution is 0.601. The minimum Gasteiger partial charge on any atom is -0.306 e. The van der Waals surface area contributed by atoms with Gasteiger partial charge in [0.1, 0.15) is 10.5 Å². The second-order valence-corrected chi connectivity index (χ2v) is 8.67. The summed E-state index contributed by atoms with van der Waals surface area (Å²) in [7, 11) is -3.66. The van der Waals surface area contributed by atoms with Gasteiger partial charge in [0.05, 0.1) is 5.69 Å². The molecule has 0 saturated carbocycles. The van der Waals surface area contributed by atoms with E-state index in [9.17, 15) is 8.42 Å². The number of nitrogens with one attached hydrogen (secondary N) is 1. The maximum Gasteiger partial charge on any atom is 0.263 e. The van der Waals surface area contributed by atoms with E-state index in [2.05, 4.69) is 25.6 Å². The molecule has 136 valence electrons. The molecule has 7 heteroatoms. The van der Waals surface area contributed by atoms with Gasteiger partial charge in [-0.3, -0.25) is 4.72 Å². The topological polar surface area (TPSA) is 63.5 Å². The van der Waals surface area contributed by atoms with Crippen molar-refractivity contribution < 1.29 is 8.42 Å². The molecule has 0 amide bonds. The number of aromatic nitrogens is 2. The van der Waals surface area contributed by atoms with E-state index in [-0.39, 0.29) is 4.90 Å². The second-order valence-electron chi connectivity index (χ2n) is 6.16. The SMILES string of the molecule is Cc1cccn2cc(-c3ccc(NS(=O)(=O)c4ccccc4Br)cc3)nc12. The van der Waals surface area contributed by atoms with Crippen molar-refractivity contribution in [3.05, 3.63) is 83.1 Å². The van der Waals surface area contributed by atoms with E-state index in [0.29, 0.717) is 10.2 Å². The largest absolute Gasteiger partial charge is 0.306 e. The fourth-order valence-electron chi connectivity index (χ4n) is 2.87. The van der Waals surface area contributed by atoms with Crippen LogP contribution < -0.4 is 4.72 Å². The van der Waals surface area contributed by atoms with Crippen molar-refractivity contribution in [1.29, 1.82) is 0 Å². The van der Waals surface area contributed by atoms with Crippen molar-refractivity contribution in [3.63, 3.8) is 0 Å². The first-order chi connectivity index (χ1) is 12.9. The Kier molecular flexibility index (Phi) is 4.49. The second kappa shape index (κ2) is 6.83. The van der Waals surface area contributed by atoms with Crippen LogP contribution in [0.25, 0.3) is 16.9 Å². The molecule has 4 aromatic rings. The zero-order valence-corrected chi connectivity index (χ0v) is 16.8. The first-order valence-electron chi connectivity index (χ1n) is 8.26. The summed E-state index contributed by atoms with van der Waals surface area (Å²) in [4.78, 5) is 4.86. The van der Waals surface area contributed by atoms with Gasteiger partial charge < -0.3 is 4.40 Å². The molecule has 0 bridgehead atoms. The summed E-state index contributed by atoms with van der Waals surface area (Å²) < 4.78 is 30.3. The van der Waals surface area contributed by atoms with Crippen molar-refractivity contribution in [2.24, 2.45) is 0 Å². The van der Waals surface area contributed by atoms with Crippen molar-refractivity contribution in [1.82, 2.24) is 9.38 Å². The lowest BCUT2D eigenvalue weighted by Gasteiger charge is -2.09. The minimum atomic E-state index is -3.66. The molecule has 2 heterocycles. The van der Waals surface area contributed by atoms with Crippen molar-refractivity contribution in [2.75, 3.05) is 4.72 Å². The van der Waals surface area contributed by atoms with E-state index >= 15 is 0 Å². The summed E-state index contributed by atoms with van der Waals surface area (Å²) in [6.45, 7) is 2.02. The predicted octanol–water partition coefficient (Wildman–Crippen LogP) is 4.87. The highest BCUT2D eigenvalue weighted by Crippen LogP contribution is 2.26. The molecule has 0 aliphatic rings. The molecule has 0 radical (unpaired) electrons. The van der Waals surface area contributed by atoms with Gasteiger partial charge in [-0.25, -0.2) is 13.4 Å². The fraction of sp³-hybridized carbons (Fsp3) is 0.0500. The Morgan fingerprint density at radius 3 is 2.44 bits per heavy atom. The van der Waals surface area contributed by atoms with Gasteiger partial charge >= 0.3 is 0 Å². The van der Waals surface area contributed by atoms with Crippen LogP contribution in [-0.2, 0) is 10.0 Å². The molecule has 0 saturated heterocycles. The number of fused-ring (bicyclic) bond motifs is 1. The smallest absolute Gasteiger partial charge is 0.263 e. The molecule has 4 rings (SSSR count). The highest BCUT2D eigenvalue weighted by molar-refractivity contribution is 9.10. The van der Waals surface area contributed by atoms with E-state index in [1.165, 1.54) is 0 Å². The van der Waals surface area contributed by atoms with E-state index in [4.69, 9.17) is 0 Å². The quantitative estimate of drug-likeness (QED) is 0.491. The van der Waals surface area contributed by atoms with E-state index in [1.807, 2.05) is 48.0 Å². The number of imidazole rings is 1. The van der Waals surface area contributed by atoms with Crippen LogP contribution in [0, 0.1) is 6.92 Å². The summed E-state index contributed by atoms with van der Waals surface area (Å²) in [5, 5.41) is 0. The lowest BCUT2D eigenvalue weighted by Crippen LogP contribution is -2.13. The number of halogens is 1. The standard InChI is InChI=1S/C20H16BrN3O2S/c1-14-5-4-12-24-13-18(22-20(14)24)15-8-10-16(11-9-15)23-27(25,26)19-7-3-2-6-17(19)21/h2-13,23H,1H3. The molecule has 2 aromatic heterocycles. The number of sulfonamides is 1. The molecule has 0 aliphatic heterocycles. The number of rotatable bonds is 4. The third-order valence-corrected chi connectivity index (χ3v) is 6.63. The zero-order chi connectivity index (χ0) is 19.0. The molecule has 0 aliphatic carbocycles. The van der Waals surface area contributed by atoms with Gasteiger partial charge in [0.2, 0.25) is 0 Å². The van der Waals surface area contributed by atoms with Crippen LogP contribution in [0.1, 0.15) is 5.56 Å². The highest BCUT2D eigenvalue weighted by atomic mass is 79.9. The molecule has 0 atom stereocenters. The van der Waals surface area contributed by atoms with Crippen LogP contribution in [0.5, 0.6) is 0 Å². The van der Waals surface area contributed by atoms with Gasteiger partial charge in [-0.05, 0) is 58.7 Å². The van der Waals surface area contributed by atoms with Crippen LogP contribution in [-0.4, -0.2) is 17.8 Å². The number of benzene rings is 2. The Hall–Kier alpha value is -2.64. The van der Waals surface area contributed by atoms with Crippen molar-refractivity contribution >= 4 is 37.3 Å². The van der Waals surface area contributed by atoms with Crippen molar-refractivity contribution in [3.8, 4) is 11.3 Å². The molecule has 0 fully saturated rings. The van der Waals surface area contributed by atoms with Crippen LogP contribution in [0.4, 0.5) is 5.69 Å². The molecular weight excluding hydrogens is 426 g/mol. The number of hydrogen-bond donors (Lipinski definition) is 1. The molecule has 0 unspecified atom stereocenters. The summed E-state index contributed by atoms with van der Waals surface area (Å²) >= 11 is 3.28. The average molecular weight is 442 g/mol. The number of hydrogen-bond acceptors (Lipinski definition) is 3. The normalized spacial score (nSPS) is 11.6. The van der Waals surface area contributed by atoms with Gasteiger partial charge in [0.25, 0.3) is 10.0 Å². The molecule has 0 spiro atoms. The van der Waals surface area contributed by atoms with Crippen LogP contribution >= 0.6 is 15.9 Å². The highest BCUT2D eigenvalue weighted by Gasteiger charge is 2.17. The zero-order valence-electron chi connectivity index (χ0n) is 14.4. The predicted molar refractivity (Wildman–Crippen MR) is 110 cm³/mol. The molecule has 5 nitrogen and oxygen atoms in total. The first kappa shape index (κ1) is 17.8. The number of pyridine rings is 1. The Balaban J connectivity index is 1.62. The van der Waals surface area contributed by atoms with E-state index < -0.39 is 10.0 Å².